The molecule has 0 saturated heterocycles. The Hall–Kier alpha value is -3.09. The molecule has 1 aromatic heterocycles. The number of ether oxygens (including phenoxy) is 1. The highest BCUT2D eigenvalue weighted by Gasteiger charge is 2.14. The number of hydrogen-bond donors (Lipinski definition) is 1. The largest absolute Gasteiger partial charge is 0.482 e. The van der Waals surface area contributed by atoms with Gasteiger partial charge in [-0.1, -0.05) is 29.8 Å². The smallest absolute Gasteiger partial charge is 0.341 e. The Kier molecular flexibility index (Phi) is 6.13. The maximum atomic E-state index is 12.4. The Bertz CT molecular complexity index is 1030. The summed E-state index contributed by atoms with van der Waals surface area (Å²) in [5, 5.41) is 8.97. The Morgan fingerprint density at radius 2 is 1.75 bits per heavy atom. The zero-order valence-electron chi connectivity index (χ0n) is 14.4. The number of carbonyl (C=O) groups is 2. The highest BCUT2D eigenvalue weighted by Crippen LogP contribution is 2.26. The fraction of sp³-hybridized carbons (Fsp3) is 0.0500. The summed E-state index contributed by atoms with van der Waals surface area (Å²) in [6, 6.07) is 15.4. The highest BCUT2D eigenvalue weighted by molar-refractivity contribution is 6.33. The van der Waals surface area contributed by atoms with E-state index in [0.717, 1.165) is 5.69 Å². The van der Waals surface area contributed by atoms with Gasteiger partial charge in [-0.2, -0.15) is 0 Å². The summed E-state index contributed by atoms with van der Waals surface area (Å²) in [6.45, 7) is -0.448. The maximum Gasteiger partial charge on any atom is 0.341 e. The molecule has 2 aromatic carbocycles. The molecule has 1 heterocycles. The summed E-state index contributed by atoms with van der Waals surface area (Å²) in [5.41, 5.74) is 1.65. The third-order valence-electron chi connectivity index (χ3n) is 3.74. The number of nitrogens with zero attached hydrogens (tertiary/aromatic N) is 2. The number of halogens is 2. The van der Waals surface area contributed by atoms with E-state index in [1.165, 1.54) is 18.2 Å². The van der Waals surface area contributed by atoms with Crippen molar-refractivity contribution in [2.24, 2.45) is 0 Å². The molecule has 0 aliphatic heterocycles. The fourth-order valence-corrected chi connectivity index (χ4v) is 3.00. The van der Waals surface area contributed by atoms with E-state index in [-0.39, 0.29) is 16.2 Å². The van der Waals surface area contributed by atoms with E-state index in [1.807, 2.05) is 30.3 Å². The summed E-state index contributed by atoms with van der Waals surface area (Å²) >= 11 is 12.3. The lowest BCUT2D eigenvalue weighted by Crippen LogP contribution is -2.09. The lowest BCUT2D eigenvalue weighted by Gasteiger charge is -2.06. The van der Waals surface area contributed by atoms with Crippen LogP contribution in [-0.4, -0.2) is 33.0 Å². The normalized spacial score (nSPS) is 10.9. The van der Waals surface area contributed by atoms with Gasteiger partial charge in [0, 0.05) is 11.3 Å². The number of carboxylic acid groups (broad SMARTS) is 1. The van der Waals surface area contributed by atoms with Gasteiger partial charge < -0.3 is 9.84 Å². The zero-order valence-corrected chi connectivity index (χ0v) is 15.9. The third kappa shape index (κ3) is 4.60. The number of hydrogen-bond acceptors (Lipinski definition) is 4. The zero-order chi connectivity index (χ0) is 20.1. The van der Waals surface area contributed by atoms with E-state index in [0.29, 0.717) is 17.0 Å². The average molecular weight is 417 g/mol. The average Bonchev–Trinajstić information content (AvgIpc) is 2.98. The van der Waals surface area contributed by atoms with Crippen LogP contribution in [0.25, 0.3) is 11.8 Å². The van der Waals surface area contributed by atoms with Gasteiger partial charge in [0.25, 0.3) is 0 Å². The van der Waals surface area contributed by atoms with Crippen LogP contribution in [0.2, 0.25) is 10.4 Å². The van der Waals surface area contributed by atoms with Crippen LogP contribution in [-0.2, 0) is 4.79 Å². The molecule has 0 aliphatic rings. The quantitative estimate of drug-likeness (QED) is 0.451. The molecule has 3 rings (SSSR count). The summed E-state index contributed by atoms with van der Waals surface area (Å²) < 4.78 is 6.68. The fourth-order valence-electron chi connectivity index (χ4n) is 2.46. The number of ketones is 1. The van der Waals surface area contributed by atoms with Crippen molar-refractivity contribution in [1.82, 2.24) is 9.55 Å². The lowest BCUT2D eigenvalue weighted by molar-refractivity contribution is -0.139. The molecule has 6 nitrogen and oxygen atoms in total. The van der Waals surface area contributed by atoms with Crippen molar-refractivity contribution in [2.75, 3.05) is 6.61 Å². The van der Waals surface area contributed by atoms with Crippen molar-refractivity contribution in [3.05, 3.63) is 82.4 Å². The number of aliphatic carboxylic acids is 1. The molecule has 1 N–H and O–H groups in total. The molecule has 0 fully saturated rings. The number of allylic oxidation sites excluding steroid dienone is 1. The van der Waals surface area contributed by atoms with Crippen LogP contribution >= 0.6 is 23.2 Å². The van der Waals surface area contributed by atoms with Crippen LogP contribution in [0.5, 0.6) is 5.75 Å². The molecule has 0 spiro atoms. The lowest BCUT2D eigenvalue weighted by atomic mass is 10.1. The number of carboxylic acids is 1. The molecule has 0 aliphatic carbocycles. The molecule has 0 radical (unpaired) electrons. The standard InChI is InChI=1S/C20H14Cl2N2O4/c21-19-16(24(20(22)23-19)14-4-2-1-3-5-14)10-11-17(25)13-6-8-15(9-7-13)28-12-18(26)27/h1-11H,12H2,(H,26,27). The summed E-state index contributed by atoms with van der Waals surface area (Å²) in [7, 11) is 0. The predicted molar refractivity (Wildman–Crippen MR) is 107 cm³/mol. The van der Waals surface area contributed by atoms with Crippen molar-refractivity contribution >= 4 is 41.0 Å². The van der Waals surface area contributed by atoms with E-state index < -0.39 is 12.6 Å². The summed E-state index contributed by atoms with van der Waals surface area (Å²) in [4.78, 5) is 27.0. The molecule has 0 saturated carbocycles. The van der Waals surface area contributed by atoms with Gasteiger partial charge in [-0.25, -0.2) is 9.78 Å². The van der Waals surface area contributed by atoms with E-state index in [1.54, 1.807) is 22.8 Å². The van der Waals surface area contributed by atoms with Crippen molar-refractivity contribution in [2.45, 2.75) is 0 Å². The van der Waals surface area contributed by atoms with Gasteiger partial charge in [0.2, 0.25) is 5.28 Å². The van der Waals surface area contributed by atoms with E-state index in [2.05, 4.69) is 4.98 Å². The Balaban J connectivity index is 1.81. The second kappa shape index (κ2) is 8.73. The van der Waals surface area contributed by atoms with Gasteiger partial charge in [0.1, 0.15) is 5.75 Å². The van der Waals surface area contributed by atoms with E-state index in [9.17, 15) is 9.59 Å². The van der Waals surface area contributed by atoms with Crippen LogP contribution in [0.3, 0.4) is 0 Å². The Morgan fingerprint density at radius 1 is 1.07 bits per heavy atom. The third-order valence-corrected chi connectivity index (χ3v) is 4.27. The SMILES string of the molecule is O=C(O)COc1ccc(C(=O)C=Cc2c(Cl)nc(Cl)n2-c2ccccc2)cc1. The number of para-hydroxylation sites is 1. The first-order chi connectivity index (χ1) is 13.5. The van der Waals surface area contributed by atoms with E-state index in [4.69, 9.17) is 33.0 Å². The summed E-state index contributed by atoms with van der Waals surface area (Å²) in [5.74, 6) is -0.980. The van der Waals surface area contributed by atoms with E-state index >= 15 is 0 Å². The number of carbonyl (C=O) groups excluding carboxylic acids is 1. The minimum Gasteiger partial charge on any atom is -0.482 e. The number of aromatic nitrogens is 2. The number of benzene rings is 2. The van der Waals surface area contributed by atoms with Crippen LogP contribution in [0.4, 0.5) is 0 Å². The molecule has 142 valence electrons. The molecule has 3 aromatic rings. The Morgan fingerprint density at radius 3 is 2.39 bits per heavy atom. The van der Waals surface area contributed by atoms with Crippen LogP contribution < -0.4 is 4.74 Å². The summed E-state index contributed by atoms with van der Waals surface area (Å²) in [6.07, 6.45) is 2.91. The minimum absolute atomic E-state index is 0.176. The van der Waals surface area contributed by atoms with Gasteiger partial charge >= 0.3 is 5.97 Å². The molecular formula is C20H14Cl2N2O4. The molecule has 0 bridgehead atoms. The molecular weight excluding hydrogens is 403 g/mol. The first kappa shape index (κ1) is 19.7. The topological polar surface area (TPSA) is 81.4 Å². The molecule has 0 unspecified atom stereocenters. The minimum atomic E-state index is -1.08. The van der Waals surface area contributed by atoms with Gasteiger partial charge in [0.05, 0.1) is 5.69 Å². The van der Waals surface area contributed by atoms with Gasteiger partial charge in [0.15, 0.2) is 17.5 Å². The molecule has 28 heavy (non-hydrogen) atoms. The first-order valence-electron chi connectivity index (χ1n) is 8.12. The monoisotopic (exact) mass is 416 g/mol. The Labute approximate surface area is 170 Å². The van der Waals surface area contributed by atoms with Crippen molar-refractivity contribution < 1.29 is 19.4 Å². The van der Waals surface area contributed by atoms with Gasteiger partial charge in [-0.15, -0.1) is 0 Å². The second-order valence-corrected chi connectivity index (χ2v) is 6.33. The highest BCUT2D eigenvalue weighted by atomic mass is 35.5. The molecule has 8 heteroatoms. The van der Waals surface area contributed by atoms with Gasteiger partial charge in [-0.05, 0) is 60.2 Å². The predicted octanol–water partition coefficient (Wildman–Crippen LogP) is 4.54. The number of imidazole rings is 1. The van der Waals surface area contributed by atoms with Gasteiger partial charge in [-0.3, -0.25) is 9.36 Å². The molecule has 0 atom stereocenters. The van der Waals surface area contributed by atoms with Crippen molar-refractivity contribution in [1.29, 1.82) is 0 Å². The molecule has 0 amide bonds. The first-order valence-corrected chi connectivity index (χ1v) is 8.87. The van der Waals surface area contributed by atoms with Crippen LogP contribution in [0, 0.1) is 0 Å². The second-order valence-electron chi connectivity index (χ2n) is 5.63. The van der Waals surface area contributed by atoms with Crippen molar-refractivity contribution in [3.63, 3.8) is 0 Å². The maximum absolute atomic E-state index is 12.4. The number of rotatable bonds is 7. The van der Waals surface area contributed by atoms with Crippen molar-refractivity contribution in [3.8, 4) is 11.4 Å². The van der Waals surface area contributed by atoms with Crippen LogP contribution in [0.15, 0.2) is 60.7 Å². The van der Waals surface area contributed by atoms with Crippen LogP contribution in [0.1, 0.15) is 16.1 Å².